The molecule has 2 aliphatic rings. The largest absolute Gasteiger partial charge is 0.371 e. The minimum atomic E-state index is -0.0343. The van der Waals surface area contributed by atoms with Crippen LogP contribution in [-0.4, -0.2) is 46.3 Å². The third-order valence-corrected chi connectivity index (χ3v) is 6.01. The van der Waals surface area contributed by atoms with E-state index >= 15 is 0 Å². The SMILES string of the molecule is Cc1csc(CN2CCC[C@]3(C[C@@H](OCc4ccncc4)CO3)C2)n1. The first-order chi connectivity index (χ1) is 12.2. The monoisotopic (exact) mass is 359 g/mol. The molecule has 0 unspecified atom stereocenters. The second-order valence-electron chi connectivity index (χ2n) is 7.18. The fraction of sp³-hybridized carbons (Fsp3) is 0.579. The molecule has 2 aromatic heterocycles. The summed E-state index contributed by atoms with van der Waals surface area (Å²) >= 11 is 1.76. The van der Waals surface area contributed by atoms with Gasteiger partial charge in [-0.05, 0) is 44.0 Å². The van der Waals surface area contributed by atoms with Crippen LogP contribution < -0.4 is 0 Å². The average Bonchev–Trinajstić information content (AvgIpc) is 3.20. The molecule has 1 spiro atoms. The number of hydrogen-bond acceptors (Lipinski definition) is 6. The minimum absolute atomic E-state index is 0.0343. The lowest BCUT2D eigenvalue weighted by atomic mass is 9.89. The van der Waals surface area contributed by atoms with Gasteiger partial charge in [-0.2, -0.15) is 0 Å². The molecule has 0 aromatic carbocycles. The molecule has 4 rings (SSSR count). The van der Waals surface area contributed by atoms with Gasteiger partial charge in [0.15, 0.2) is 0 Å². The molecule has 2 fully saturated rings. The number of thiazole rings is 1. The summed E-state index contributed by atoms with van der Waals surface area (Å²) in [6.45, 7) is 6.45. The smallest absolute Gasteiger partial charge is 0.107 e. The zero-order valence-electron chi connectivity index (χ0n) is 14.7. The number of rotatable bonds is 5. The van der Waals surface area contributed by atoms with Crippen LogP contribution >= 0.6 is 11.3 Å². The van der Waals surface area contributed by atoms with E-state index in [2.05, 4.69) is 27.2 Å². The Morgan fingerprint density at radius 3 is 3.08 bits per heavy atom. The van der Waals surface area contributed by atoms with Gasteiger partial charge in [-0.15, -0.1) is 11.3 Å². The molecule has 5 nitrogen and oxygen atoms in total. The molecular weight excluding hydrogens is 334 g/mol. The Kier molecular flexibility index (Phi) is 5.12. The number of piperidine rings is 1. The molecule has 0 radical (unpaired) electrons. The maximum Gasteiger partial charge on any atom is 0.107 e. The van der Waals surface area contributed by atoms with Crippen LogP contribution in [0.4, 0.5) is 0 Å². The summed E-state index contributed by atoms with van der Waals surface area (Å²) in [5.74, 6) is 0. The maximum atomic E-state index is 6.26. The van der Waals surface area contributed by atoms with E-state index in [0.29, 0.717) is 13.2 Å². The molecular formula is C19H25N3O2S. The van der Waals surface area contributed by atoms with Gasteiger partial charge >= 0.3 is 0 Å². The molecule has 2 atom stereocenters. The molecule has 0 aliphatic carbocycles. The molecule has 0 bridgehead atoms. The second kappa shape index (κ2) is 7.50. The van der Waals surface area contributed by atoms with Crippen molar-refractivity contribution in [2.45, 2.75) is 51.0 Å². The Labute approximate surface area is 153 Å². The van der Waals surface area contributed by atoms with E-state index in [9.17, 15) is 0 Å². The fourth-order valence-corrected chi connectivity index (χ4v) is 4.69. The van der Waals surface area contributed by atoms with Crippen molar-refractivity contribution in [1.82, 2.24) is 14.9 Å². The number of nitrogens with zero attached hydrogens (tertiary/aromatic N) is 3. The maximum absolute atomic E-state index is 6.26. The first-order valence-electron chi connectivity index (χ1n) is 8.99. The van der Waals surface area contributed by atoms with Crippen molar-refractivity contribution in [3.8, 4) is 0 Å². The van der Waals surface area contributed by atoms with Crippen molar-refractivity contribution < 1.29 is 9.47 Å². The van der Waals surface area contributed by atoms with Crippen LogP contribution in [0.15, 0.2) is 29.9 Å². The van der Waals surface area contributed by atoms with Crippen LogP contribution in [0.1, 0.15) is 35.5 Å². The van der Waals surface area contributed by atoms with E-state index in [-0.39, 0.29) is 11.7 Å². The van der Waals surface area contributed by atoms with Crippen molar-refractivity contribution in [2.24, 2.45) is 0 Å². The standard InChI is InChI=1S/C19H25N3O2S/c1-15-13-25-18(21-15)10-22-8-2-5-19(14-22)9-17(12-24-19)23-11-16-3-6-20-7-4-16/h3-4,6-7,13,17H,2,5,8-12,14H2,1H3/t17-,19+/m1/s1. The third-order valence-electron chi connectivity index (χ3n) is 5.05. The summed E-state index contributed by atoms with van der Waals surface area (Å²) in [5.41, 5.74) is 2.25. The quantitative estimate of drug-likeness (QED) is 0.820. The highest BCUT2D eigenvalue weighted by atomic mass is 32.1. The van der Waals surface area contributed by atoms with Crippen LogP contribution in [-0.2, 0) is 22.6 Å². The lowest BCUT2D eigenvalue weighted by molar-refractivity contribution is -0.0548. The molecule has 0 amide bonds. The van der Waals surface area contributed by atoms with Gasteiger partial charge in [-0.25, -0.2) is 4.98 Å². The van der Waals surface area contributed by atoms with Crippen LogP contribution in [0.3, 0.4) is 0 Å². The Hall–Kier alpha value is -1.34. The van der Waals surface area contributed by atoms with Gasteiger partial charge in [0.2, 0.25) is 0 Å². The summed E-state index contributed by atoms with van der Waals surface area (Å²) in [5, 5.41) is 3.34. The third kappa shape index (κ3) is 4.26. The first-order valence-corrected chi connectivity index (χ1v) is 9.87. The number of aromatic nitrogens is 2. The number of hydrogen-bond donors (Lipinski definition) is 0. The topological polar surface area (TPSA) is 47.5 Å². The van der Waals surface area contributed by atoms with Gasteiger partial charge in [0, 0.05) is 36.4 Å². The van der Waals surface area contributed by atoms with Crippen molar-refractivity contribution in [2.75, 3.05) is 19.7 Å². The Balaban J connectivity index is 1.31. The van der Waals surface area contributed by atoms with E-state index in [1.807, 2.05) is 24.5 Å². The lowest BCUT2D eigenvalue weighted by Gasteiger charge is -2.39. The number of ether oxygens (including phenoxy) is 2. The highest BCUT2D eigenvalue weighted by Gasteiger charge is 2.43. The predicted octanol–water partition coefficient (Wildman–Crippen LogP) is 3.19. The minimum Gasteiger partial charge on any atom is -0.371 e. The Bertz CT molecular complexity index is 693. The van der Waals surface area contributed by atoms with E-state index in [1.165, 1.54) is 17.0 Å². The predicted molar refractivity (Wildman–Crippen MR) is 97.5 cm³/mol. The molecule has 6 heteroatoms. The van der Waals surface area contributed by atoms with Crippen molar-refractivity contribution in [3.05, 3.63) is 46.2 Å². The number of aryl methyl sites for hydroxylation is 1. The second-order valence-corrected chi connectivity index (χ2v) is 8.13. The summed E-state index contributed by atoms with van der Waals surface area (Å²) in [7, 11) is 0. The lowest BCUT2D eigenvalue weighted by Crippen LogP contribution is -2.47. The van der Waals surface area contributed by atoms with Gasteiger partial charge in [-0.1, -0.05) is 0 Å². The van der Waals surface area contributed by atoms with Crippen LogP contribution in [0, 0.1) is 6.92 Å². The van der Waals surface area contributed by atoms with E-state index in [0.717, 1.165) is 38.2 Å². The van der Waals surface area contributed by atoms with Crippen LogP contribution in [0.5, 0.6) is 0 Å². The highest BCUT2D eigenvalue weighted by molar-refractivity contribution is 7.09. The van der Waals surface area contributed by atoms with E-state index in [1.54, 1.807) is 11.3 Å². The van der Waals surface area contributed by atoms with Gasteiger partial charge in [0.25, 0.3) is 0 Å². The Morgan fingerprint density at radius 1 is 1.40 bits per heavy atom. The van der Waals surface area contributed by atoms with Crippen LogP contribution in [0.25, 0.3) is 0 Å². The fourth-order valence-electron chi connectivity index (χ4n) is 3.88. The average molecular weight is 359 g/mol. The van der Waals surface area contributed by atoms with Crippen molar-refractivity contribution in [1.29, 1.82) is 0 Å². The Morgan fingerprint density at radius 2 is 2.28 bits per heavy atom. The highest BCUT2D eigenvalue weighted by Crippen LogP contribution is 2.36. The normalized spacial score (nSPS) is 27.2. The number of likely N-dealkylation sites (tertiary alicyclic amines) is 1. The van der Waals surface area contributed by atoms with Gasteiger partial charge in [0.05, 0.1) is 31.5 Å². The van der Waals surface area contributed by atoms with Gasteiger partial charge < -0.3 is 9.47 Å². The summed E-state index contributed by atoms with van der Waals surface area (Å²) in [4.78, 5) is 11.1. The van der Waals surface area contributed by atoms with Gasteiger partial charge in [-0.3, -0.25) is 9.88 Å². The van der Waals surface area contributed by atoms with Crippen molar-refractivity contribution >= 4 is 11.3 Å². The number of pyridine rings is 1. The molecule has 0 N–H and O–H groups in total. The molecule has 2 aromatic rings. The molecule has 0 saturated carbocycles. The molecule has 4 heterocycles. The molecule has 25 heavy (non-hydrogen) atoms. The van der Waals surface area contributed by atoms with Crippen molar-refractivity contribution in [3.63, 3.8) is 0 Å². The van der Waals surface area contributed by atoms with E-state index < -0.39 is 0 Å². The zero-order chi connectivity index (χ0) is 17.1. The van der Waals surface area contributed by atoms with Gasteiger partial charge in [0.1, 0.15) is 5.01 Å². The molecule has 2 saturated heterocycles. The van der Waals surface area contributed by atoms with Crippen LogP contribution in [0.2, 0.25) is 0 Å². The zero-order valence-corrected chi connectivity index (χ0v) is 15.5. The summed E-state index contributed by atoms with van der Waals surface area (Å²) in [6, 6.07) is 4.01. The molecule has 2 aliphatic heterocycles. The molecule has 134 valence electrons. The van der Waals surface area contributed by atoms with E-state index in [4.69, 9.17) is 9.47 Å². The summed E-state index contributed by atoms with van der Waals surface area (Å²) < 4.78 is 12.4. The summed E-state index contributed by atoms with van der Waals surface area (Å²) in [6.07, 6.45) is 7.12. The first kappa shape index (κ1) is 17.1.